The highest BCUT2D eigenvalue weighted by Crippen LogP contribution is 2.17. The number of hydrogen-bond donors (Lipinski definition) is 4. The van der Waals surface area contributed by atoms with Crippen molar-refractivity contribution < 1.29 is 4.79 Å². The van der Waals surface area contributed by atoms with Gasteiger partial charge in [-0.3, -0.25) is 9.89 Å². The highest BCUT2D eigenvalue weighted by atomic mass is 16.2. The number of aromatic amines is 1. The second kappa shape index (κ2) is 4.11. The maximum Gasteiger partial charge on any atom is 0.294 e. The van der Waals surface area contributed by atoms with Crippen molar-refractivity contribution in [3.63, 3.8) is 0 Å². The average molecular weight is 248 g/mol. The second-order valence-electron chi connectivity index (χ2n) is 3.97. The Hall–Kier alpha value is -2.42. The molecule has 0 radical (unpaired) electrons. The molecule has 0 unspecified atom stereocenters. The van der Waals surface area contributed by atoms with Crippen molar-refractivity contribution in [3.8, 4) is 0 Å². The zero-order valence-electron chi connectivity index (χ0n) is 9.42. The number of nitrogen functional groups attached to an aromatic ring is 1. The lowest BCUT2D eigenvalue weighted by molar-refractivity contribution is 0.101. The molecule has 94 valence electrons. The number of carbonyl (C=O) groups excluding carboxylic acids is 1. The van der Waals surface area contributed by atoms with E-state index in [0.717, 1.165) is 13.1 Å². The minimum absolute atomic E-state index is 0.0388. The molecule has 0 aliphatic carbocycles. The molecule has 0 spiro atoms. The predicted molar refractivity (Wildman–Crippen MR) is 62.9 cm³/mol. The summed E-state index contributed by atoms with van der Waals surface area (Å²) in [6.45, 7) is 1.69. The molecule has 3 rings (SSSR count). The molecular formula is C9H12N8O. The Morgan fingerprint density at radius 2 is 2.39 bits per heavy atom. The number of rotatable bonds is 3. The number of H-pyrrole nitrogens is 1. The summed E-state index contributed by atoms with van der Waals surface area (Å²) in [6.07, 6.45) is 1.64. The Morgan fingerprint density at radius 1 is 1.56 bits per heavy atom. The molecule has 0 atom stereocenters. The molecule has 0 saturated carbocycles. The van der Waals surface area contributed by atoms with Gasteiger partial charge in [0.15, 0.2) is 0 Å². The maximum absolute atomic E-state index is 11.8. The zero-order valence-corrected chi connectivity index (χ0v) is 9.42. The number of anilines is 2. The van der Waals surface area contributed by atoms with Gasteiger partial charge in [0.1, 0.15) is 5.82 Å². The minimum Gasteiger partial charge on any atom is -0.366 e. The van der Waals surface area contributed by atoms with E-state index in [0.29, 0.717) is 5.82 Å². The Balaban J connectivity index is 1.76. The van der Waals surface area contributed by atoms with Crippen molar-refractivity contribution in [1.82, 2.24) is 30.3 Å². The number of hydrogen-bond acceptors (Lipinski definition) is 6. The first kappa shape index (κ1) is 10.7. The van der Waals surface area contributed by atoms with Crippen LogP contribution in [0.3, 0.4) is 0 Å². The molecule has 3 heterocycles. The quantitative estimate of drug-likeness (QED) is 0.550. The largest absolute Gasteiger partial charge is 0.366 e. The molecular weight excluding hydrogens is 236 g/mol. The van der Waals surface area contributed by atoms with Crippen LogP contribution in [-0.4, -0.2) is 44.0 Å². The summed E-state index contributed by atoms with van der Waals surface area (Å²) in [5, 5.41) is 16.1. The van der Waals surface area contributed by atoms with E-state index in [4.69, 9.17) is 5.73 Å². The lowest BCUT2D eigenvalue weighted by Crippen LogP contribution is -2.44. The highest BCUT2D eigenvalue weighted by molar-refractivity contribution is 6.01. The van der Waals surface area contributed by atoms with Gasteiger partial charge in [0.05, 0.1) is 12.2 Å². The fraction of sp³-hybridized carbons (Fsp3) is 0.333. The van der Waals surface area contributed by atoms with Crippen LogP contribution in [0.25, 0.3) is 0 Å². The van der Waals surface area contributed by atoms with E-state index in [1.165, 1.54) is 0 Å². The summed E-state index contributed by atoms with van der Waals surface area (Å²) >= 11 is 0. The van der Waals surface area contributed by atoms with Crippen LogP contribution >= 0.6 is 0 Å². The van der Waals surface area contributed by atoms with Gasteiger partial charge in [0.25, 0.3) is 5.91 Å². The molecule has 1 aliphatic rings. The SMILES string of the molecule is Nc1n[nH]c(C(=O)Nc2ccnn2C2CNC2)n1. The number of carbonyl (C=O) groups is 1. The van der Waals surface area contributed by atoms with E-state index in [1.54, 1.807) is 16.9 Å². The monoisotopic (exact) mass is 248 g/mol. The zero-order chi connectivity index (χ0) is 12.5. The Morgan fingerprint density at radius 3 is 3.00 bits per heavy atom. The summed E-state index contributed by atoms with van der Waals surface area (Å²) in [5.74, 6) is 0.346. The van der Waals surface area contributed by atoms with Gasteiger partial charge in [-0.25, -0.2) is 4.68 Å². The highest BCUT2D eigenvalue weighted by Gasteiger charge is 2.22. The van der Waals surface area contributed by atoms with Crippen molar-refractivity contribution in [3.05, 3.63) is 18.1 Å². The van der Waals surface area contributed by atoms with Crippen LogP contribution in [-0.2, 0) is 0 Å². The van der Waals surface area contributed by atoms with Gasteiger partial charge in [-0.05, 0) is 0 Å². The van der Waals surface area contributed by atoms with Crippen molar-refractivity contribution in [1.29, 1.82) is 0 Å². The Bertz CT molecular complexity index is 569. The molecule has 1 fully saturated rings. The van der Waals surface area contributed by atoms with Gasteiger partial charge < -0.3 is 16.4 Å². The van der Waals surface area contributed by atoms with Crippen LogP contribution in [0.2, 0.25) is 0 Å². The third-order valence-electron chi connectivity index (χ3n) is 2.74. The van der Waals surface area contributed by atoms with Gasteiger partial charge >= 0.3 is 0 Å². The molecule has 18 heavy (non-hydrogen) atoms. The minimum atomic E-state index is -0.395. The van der Waals surface area contributed by atoms with Crippen LogP contribution in [0.5, 0.6) is 0 Å². The Kier molecular flexibility index (Phi) is 2.45. The third-order valence-corrected chi connectivity index (χ3v) is 2.74. The van der Waals surface area contributed by atoms with E-state index >= 15 is 0 Å². The van der Waals surface area contributed by atoms with Gasteiger partial charge in [0.2, 0.25) is 11.8 Å². The molecule has 1 aliphatic heterocycles. The van der Waals surface area contributed by atoms with Crippen molar-refractivity contribution in [2.24, 2.45) is 0 Å². The van der Waals surface area contributed by atoms with Crippen LogP contribution < -0.4 is 16.4 Å². The fourth-order valence-electron chi connectivity index (χ4n) is 1.70. The summed E-state index contributed by atoms with van der Waals surface area (Å²) in [7, 11) is 0. The van der Waals surface area contributed by atoms with Crippen LogP contribution in [0.1, 0.15) is 16.7 Å². The number of nitrogens with two attached hydrogens (primary N) is 1. The number of amides is 1. The molecule has 0 aromatic carbocycles. The molecule has 0 bridgehead atoms. The second-order valence-corrected chi connectivity index (χ2v) is 3.97. The summed E-state index contributed by atoms with van der Waals surface area (Å²) in [6, 6.07) is 2.01. The maximum atomic E-state index is 11.8. The normalized spacial score (nSPS) is 15.3. The first-order valence-electron chi connectivity index (χ1n) is 5.47. The van der Waals surface area contributed by atoms with Crippen molar-refractivity contribution in [2.45, 2.75) is 6.04 Å². The van der Waals surface area contributed by atoms with Gasteiger partial charge in [0, 0.05) is 19.2 Å². The Labute approximate surface area is 102 Å². The first-order chi connectivity index (χ1) is 8.74. The van der Waals surface area contributed by atoms with E-state index in [2.05, 4.69) is 30.9 Å². The van der Waals surface area contributed by atoms with Crippen molar-refractivity contribution in [2.75, 3.05) is 24.1 Å². The smallest absolute Gasteiger partial charge is 0.294 e. The third kappa shape index (κ3) is 1.80. The molecule has 1 saturated heterocycles. The fourth-order valence-corrected chi connectivity index (χ4v) is 1.70. The number of nitrogens with one attached hydrogen (secondary N) is 3. The lowest BCUT2D eigenvalue weighted by atomic mass is 10.2. The molecule has 9 heteroatoms. The summed E-state index contributed by atoms with van der Waals surface area (Å²) in [4.78, 5) is 15.6. The average Bonchev–Trinajstić information content (AvgIpc) is 2.86. The molecule has 1 amide bonds. The van der Waals surface area contributed by atoms with Crippen LogP contribution in [0.15, 0.2) is 12.3 Å². The first-order valence-corrected chi connectivity index (χ1v) is 5.47. The number of nitrogens with zero attached hydrogens (tertiary/aromatic N) is 4. The van der Waals surface area contributed by atoms with Gasteiger partial charge in [-0.2, -0.15) is 10.1 Å². The van der Waals surface area contributed by atoms with Crippen molar-refractivity contribution >= 4 is 17.7 Å². The van der Waals surface area contributed by atoms with Gasteiger partial charge in [-0.1, -0.05) is 0 Å². The van der Waals surface area contributed by atoms with E-state index in [1.807, 2.05) is 0 Å². The van der Waals surface area contributed by atoms with Crippen LogP contribution in [0.4, 0.5) is 11.8 Å². The molecule has 5 N–H and O–H groups in total. The van der Waals surface area contributed by atoms with E-state index in [-0.39, 0.29) is 17.8 Å². The summed E-state index contributed by atoms with van der Waals surface area (Å²) in [5.41, 5.74) is 5.34. The molecule has 9 nitrogen and oxygen atoms in total. The standard InChI is InChI=1S/C9H12N8O/c10-9-14-7(15-16-9)8(18)13-6-1-2-12-17(6)5-3-11-4-5/h1-2,5,11H,3-4H2,(H,13,18)(H3,10,14,15,16). The van der Waals surface area contributed by atoms with E-state index < -0.39 is 5.91 Å². The topological polar surface area (TPSA) is 127 Å². The lowest BCUT2D eigenvalue weighted by Gasteiger charge is -2.28. The van der Waals surface area contributed by atoms with E-state index in [9.17, 15) is 4.79 Å². The summed E-state index contributed by atoms with van der Waals surface area (Å²) < 4.78 is 1.77. The number of aromatic nitrogens is 5. The van der Waals surface area contributed by atoms with Gasteiger partial charge in [-0.15, -0.1) is 5.10 Å². The van der Waals surface area contributed by atoms with Crippen LogP contribution in [0, 0.1) is 0 Å². The predicted octanol–water partition coefficient (Wildman–Crippen LogP) is -1.02. The molecule has 2 aromatic rings. The molecule has 2 aromatic heterocycles.